The van der Waals surface area contributed by atoms with Gasteiger partial charge >= 0.3 is 0 Å². The summed E-state index contributed by atoms with van der Waals surface area (Å²) in [6.45, 7) is 8.70. The van der Waals surface area contributed by atoms with Gasteiger partial charge in [-0.05, 0) is 44.2 Å². The molecule has 1 heterocycles. The van der Waals surface area contributed by atoms with Crippen molar-refractivity contribution in [2.75, 3.05) is 13.2 Å². The molecule has 1 aromatic heterocycles. The Morgan fingerprint density at radius 3 is 2.50 bits per heavy atom. The number of nitrogens with zero attached hydrogens (tertiary/aromatic N) is 2. The molecular weight excluding hydrogens is 250 g/mol. The molecule has 0 amide bonds. The van der Waals surface area contributed by atoms with E-state index in [1.807, 2.05) is 29.9 Å². The fourth-order valence-electron chi connectivity index (χ4n) is 2.37. The average Bonchev–Trinajstić information content (AvgIpc) is 2.94. The second kappa shape index (κ2) is 7.10. The van der Waals surface area contributed by atoms with E-state index >= 15 is 0 Å². The number of rotatable bonds is 7. The highest BCUT2D eigenvalue weighted by Gasteiger charge is 2.16. The monoisotopic (exact) mass is 273 g/mol. The van der Waals surface area contributed by atoms with Crippen LogP contribution in [0.4, 0.5) is 0 Å². The molecule has 1 N–H and O–H groups in total. The van der Waals surface area contributed by atoms with E-state index in [4.69, 9.17) is 4.74 Å². The number of aryl methyl sites for hydroxylation is 1. The molecule has 1 aromatic carbocycles. The molecular formula is C16H23N3O. The molecule has 0 spiro atoms. The highest BCUT2D eigenvalue weighted by atomic mass is 16.5. The van der Waals surface area contributed by atoms with Gasteiger partial charge in [-0.15, -0.1) is 0 Å². The summed E-state index contributed by atoms with van der Waals surface area (Å²) in [7, 11) is 0. The zero-order chi connectivity index (χ0) is 14.4. The summed E-state index contributed by atoms with van der Waals surface area (Å²) < 4.78 is 7.53. The lowest BCUT2D eigenvalue weighted by Gasteiger charge is -2.20. The largest absolute Gasteiger partial charge is 0.494 e. The van der Waals surface area contributed by atoms with E-state index < -0.39 is 0 Å². The Kier molecular flexibility index (Phi) is 5.18. The Morgan fingerprint density at radius 2 is 1.90 bits per heavy atom. The van der Waals surface area contributed by atoms with Gasteiger partial charge in [0.15, 0.2) is 0 Å². The zero-order valence-electron chi connectivity index (χ0n) is 12.5. The molecule has 1 unspecified atom stereocenters. The van der Waals surface area contributed by atoms with Crippen molar-refractivity contribution in [3.05, 3.63) is 47.8 Å². The predicted octanol–water partition coefficient (Wildman–Crippen LogP) is 3.00. The number of hydrogen-bond acceptors (Lipinski definition) is 3. The summed E-state index contributed by atoms with van der Waals surface area (Å²) in [6, 6.07) is 10.5. The summed E-state index contributed by atoms with van der Waals surface area (Å²) in [5.41, 5.74) is 2.42. The van der Waals surface area contributed by atoms with Crippen molar-refractivity contribution in [1.29, 1.82) is 0 Å². The van der Waals surface area contributed by atoms with Crippen molar-refractivity contribution >= 4 is 0 Å². The summed E-state index contributed by atoms with van der Waals surface area (Å²) >= 11 is 0. The van der Waals surface area contributed by atoms with E-state index in [9.17, 15) is 0 Å². The van der Waals surface area contributed by atoms with Crippen LogP contribution in [0.25, 0.3) is 0 Å². The van der Waals surface area contributed by atoms with Gasteiger partial charge in [0.25, 0.3) is 0 Å². The summed E-state index contributed by atoms with van der Waals surface area (Å²) in [6.07, 6.45) is 1.86. The SMILES string of the molecule is CCNC(c1ccc(OCC)cc1)c1ccnn1CC. The van der Waals surface area contributed by atoms with Crippen LogP contribution in [0.5, 0.6) is 5.75 Å². The van der Waals surface area contributed by atoms with E-state index in [0.29, 0.717) is 6.61 Å². The molecule has 1 atom stereocenters. The molecule has 4 nitrogen and oxygen atoms in total. The Bertz CT molecular complexity index is 519. The van der Waals surface area contributed by atoms with Crippen molar-refractivity contribution in [2.45, 2.75) is 33.4 Å². The lowest BCUT2D eigenvalue weighted by atomic mass is 10.0. The summed E-state index contributed by atoms with van der Waals surface area (Å²) in [5.74, 6) is 0.912. The third-order valence-corrected chi connectivity index (χ3v) is 3.28. The Labute approximate surface area is 120 Å². The Morgan fingerprint density at radius 1 is 1.15 bits per heavy atom. The number of nitrogens with one attached hydrogen (secondary N) is 1. The van der Waals surface area contributed by atoms with E-state index in [2.05, 4.69) is 42.5 Å². The molecule has 0 fully saturated rings. The van der Waals surface area contributed by atoms with Crippen LogP contribution in [0.3, 0.4) is 0 Å². The van der Waals surface area contributed by atoms with Gasteiger partial charge in [-0.2, -0.15) is 5.10 Å². The van der Waals surface area contributed by atoms with Gasteiger partial charge in [0.1, 0.15) is 5.75 Å². The average molecular weight is 273 g/mol. The topological polar surface area (TPSA) is 39.1 Å². The minimum Gasteiger partial charge on any atom is -0.494 e. The van der Waals surface area contributed by atoms with Crippen molar-refractivity contribution in [3.63, 3.8) is 0 Å². The third-order valence-electron chi connectivity index (χ3n) is 3.28. The number of hydrogen-bond donors (Lipinski definition) is 1. The third kappa shape index (κ3) is 3.20. The molecule has 0 radical (unpaired) electrons. The van der Waals surface area contributed by atoms with E-state index in [0.717, 1.165) is 18.8 Å². The minimum atomic E-state index is 0.165. The first-order chi connectivity index (χ1) is 9.80. The van der Waals surface area contributed by atoms with Crippen LogP contribution in [0.1, 0.15) is 38.1 Å². The van der Waals surface area contributed by atoms with E-state index in [-0.39, 0.29) is 6.04 Å². The summed E-state index contributed by atoms with van der Waals surface area (Å²) in [4.78, 5) is 0. The van der Waals surface area contributed by atoms with Crippen molar-refractivity contribution in [3.8, 4) is 5.75 Å². The molecule has 4 heteroatoms. The molecule has 0 saturated heterocycles. The molecule has 0 aliphatic carbocycles. The van der Waals surface area contributed by atoms with E-state index in [1.165, 1.54) is 11.3 Å². The second-order valence-electron chi connectivity index (χ2n) is 4.56. The van der Waals surface area contributed by atoms with Gasteiger partial charge < -0.3 is 10.1 Å². The van der Waals surface area contributed by atoms with Crippen LogP contribution in [0.15, 0.2) is 36.5 Å². The minimum absolute atomic E-state index is 0.165. The number of ether oxygens (including phenoxy) is 1. The van der Waals surface area contributed by atoms with Crippen LogP contribution >= 0.6 is 0 Å². The Hall–Kier alpha value is -1.81. The maximum Gasteiger partial charge on any atom is 0.119 e. The molecule has 0 aliphatic rings. The molecule has 2 aromatic rings. The number of aromatic nitrogens is 2. The van der Waals surface area contributed by atoms with E-state index in [1.54, 1.807) is 0 Å². The van der Waals surface area contributed by atoms with Gasteiger partial charge in [0, 0.05) is 12.7 Å². The Balaban J connectivity index is 2.28. The van der Waals surface area contributed by atoms with Crippen LogP contribution in [-0.2, 0) is 6.54 Å². The molecule has 20 heavy (non-hydrogen) atoms. The second-order valence-corrected chi connectivity index (χ2v) is 4.56. The van der Waals surface area contributed by atoms with Crippen molar-refractivity contribution in [1.82, 2.24) is 15.1 Å². The van der Waals surface area contributed by atoms with Crippen molar-refractivity contribution in [2.24, 2.45) is 0 Å². The van der Waals surface area contributed by atoms with Gasteiger partial charge in [-0.25, -0.2) is 0 Å². The zero-order valence-corrected chi connectivity index (χ0v) is 12.5. The fraction of sp³-hybridized carbons (Fsp3) is 0.438. The maximum atomic E-state index is 5.50. The van der Waals surface area contributed by atoms with Crippen LogP contribution in [-0.4, -0.2) is 22.9 Å². The summed E-state index contributed by atoms with van der Waals surface area (Å²) in [5, 5.41) is 7.89. The highest BCUT2D eigenvalue weighted by Crippen LogP contribution is 2.24. The van der Waals surface area contributed by atoms with Gasteiger partial charge in [0.05, 0.1) is 18.3 Å². The lowest BCUT2D eigenvalue weighted by molar-refractivity contribution is 0.340. The van der Waals surface area contributed by atoms with Crippen LogP contribution < -0.4 is 10.1 Å². The van der Waals surface area contributed by atoms with Crippen LogP contribution in [0.2, 0.25) is 0 Å². The quantitative estimate of drug-likeness (QED) is 0.843. The first-order valence-corrected chi connectivity index (χ1v) is 7.28. The van der Waals surface area contributed by atoms with Gasteiger partial charge in [-0.3, -0.25) is 4.68 Å². The standard InChI is InChI=1S/C16H23N3O/c1-4-17-16(15-11-12-18-19(15)5-2)13-7-9-14(10-8-13)20-6-3/h7-12,16-17H,4-6H2,1-3H3. The first-order valence-electron chi connectivity index (χ1n) is 7.28. The molecule has 0 saturated carbocycles. The first kappa shape index (κ1) is 14.6. The maximum absolute atomic E-state index is 5.50. The normalized spacial score (nSPS) is 12.3. The van der Waals surface area contributed by atoms with Gasteiger partial charge in [-0.1, -0.05) is 19.1 Å². The fourth-order valence-corrected chi connectivity index (χ4v) is 2.37. The molecule has 2 rings (SSSR count). The van der Waals surface area contributed by atoms with Crippen LogP contribution in [0, 0.1) is 0 Å². The molecule has 0 bridgehead atoms. The molecule has 108 valence electrons. The predicted molar refractivity (Wildman–Crippen MR) is 81.0 cm³/mol. The number of benzene rings is 1. The van der Waals surface area contributed by atoms with Crippen molar-refractivity contribution < 1.29 is 4.74 Å². The lowest BCUT2D eigenvalue weighted by Crippen LogP contribution is -2.24. The van der Waals surface area contributed by atoms with Gasteiger partial charge in [0.2, 0.25) is 0 Å². The molecule has 0 aliphatic heterocycles. The smallest absolute Gasteiger partial charge is 0.119 e. The highest BCUT2D eigenvalue weighted by molar-refractivity contribution is 5.33.